The van der Waals surface area contributed by atoms with Crippen molar-refractivity contribution in [2.75, 3.05) is 46.8 Å². The quantitative estimate of drug-likeness (QED) is 0.214. The summed E-state index contributed by atoms with van der Waals surface area (Å²) in [6.45, 7) is 29.9. The monoisotopic (exact) mass is 517 g/mol. The summed E-state index contributed by atoms with van der Waals surface area (Å²) in [4.78, 5) is 26.2. The molecule has 0 aromatic heterocycles. The Labute approximate surface area is 230 Å². The molecule has 0 spiro atoms. The Kier molecular flexibility index (Phi) is 21.0. The molecule has 1 unspecified atom stereocenters. The Bertz CT molecular complexity index is 763. The number of carbonyl (C=O) groups is 1. The lowest BCUT2D eigenvalue weighted by Gasteiger charge is -2.35. The first-order valence-electron chi connectivity index (χ1n) is 14.1. The number of hydrogen-bond acceptors (Lipinski definition) is 4. The molecular formula is C31H59N5O. The molecule has 0 radical (unpaired) electrons. The van der Waals surface area contributed by atoms with Gasteiger partial charge in [0.2, 0.25) is 0 Å². The third-order valence-corrected chi connectivity index (χ3v) is 5.85. The molecule has 6 nitrogen and oxygen atoms in total. The summed E-state index contributed by atoms with van der Waals surface area (Å²) < 4.78 is 0. The molecular weight excluding hydrogens is 458 g/mol. The van der Waals surface area contributed by atoms with Crippen LogP contribution in [0.5, 0.6) is 0 Å². The van der Waals surface area contributed by atoms with Gasteiger partial charge in [-0.2, -0.15) is 0 Å². The van der Waals surface area contributed by atoms with E-state index in [4.69, 9.17) is 9.98 Å². The van der Waals surface area contributed by atoms with Crippen molar-refractivity contribution in [2.24, 2.45) is 15.4 Å². The van der Waals surface area contributed by atoms with Crippen LogP contribution >= 0.6 is 0 Å². The van der Waals surface area contributed by atoms with E-state index in [-0.39, 0.29) is 17.2 Å². The molecule has 37 heavy (non-hydrogen) atoms. The van der Waals surface area contributed by atoms with Gasteiger partial charge in [-0.1, -0.05) is 66.3 Å². The molecule has 0 aliphatic carbocycles. The van der Waals surface area contributed by atoms with Crippen molar-refractivity contribution in [1.29, 1.82) is 0 Å². The highest BCUT2D eigenvalue weighted by Gasteiger charge is 2.18. The van der Waals surface area contributed by atoms with Gasteiger partial charge in [-0.3, -0.25) is 9.89 Å². The summed E-state index contributed by atoms with van der Waals surface area (Å²) in [6.07, 6.45) is 8.61. The Morgan fingerprint density at radius 1 is 1.05 bits per heavy atom. The van der Waals surface area contributed by atoms with Crippen molar-refractivity contribution in [1.82, 2.24) is 15.1 Å². The average Bonchev–Trinajstić information content (AvgIpc) is 2.84. The molecule has 1 fully saturated rings. The highest BCUT2D eigenvalue weighted by atomic mass is 16.1. The van der Waals surface area contributed by atoms with Gasteiger partial charge >= 0.3 is 0 Å². The van der Waals surface area contributed by atoms with Gasteiger partial charge in [0.1, 0.15) is 11.6 Å². The minimum Gasteiger partial charge on any atom is -0.358 e. The molecule has 0 aromatic carbocycles. The predicted molar refractivity (Wildman–Crippen MR) is 166 cm³/mol. The van der Waals surface area contributed by atoms with Crippen LogP contribution in [0.3, 0.4) is 0 Å². The lowest BCUT2D eigenvalue weighted by atomic mass is 9.86. The van der Waals surface area contributed by atoms with Crippen LogP contribution in [0.2, 0.25) is 0 Å². The molecule has 6 heteroatoms. The third-order valence-electron chi connectivity index (χ3n) is 5.85. The average molecular weight is 518 g/mol. The summed E-state index contributed by atoms with van der Waals surface area (Å²) in [5, 5.41) is 2.75. The zero-order chi connectivity index (χ0) is 29.0. The zero-order valence-electron chi connectivity index (χ0n) is 26.4. The first-order valence-corrected chi connectivity index (χ1v) is 14.1. The third kappa shape index (κ3) is 17.2. The maximum absolute atomic E-state index is 11.4. The Morgan fingerprint density at radius 3 is 2.03 bits per heavy atom. The summed E-state index contributed by atoms with van der Waals surface area (Å²) in [7, 11) is 3.75. The second kappa shape index (κ2) is 20.9. The molecule has 0 bridgehead atoms. The lowest BCUT2D eigenvalue weighted by molar-refractivity contribution is -0.117. The van der Waals surface area contributed by atoms with E-state index < -0.39 is 0 Å². The normalized spacial score (nSPS) is 16.8. The van der Waals surface area contributed by atoms with Crippen molar-refractivity contribution < 1.29 is 4.79 Å². The zero-order valence-corrected chi connectivity index (χ0v) is 26.4. The van der Waals surface area contributed by atoms with E-state index in [9.17, 15) is 4.79 Å². The highest BCUT2D eigenvalue weighted by Crippen LogP contribution is 2.26. The first-order chi connectivity index (χ1) is 17.4. The predicted octanol–water partition coefficient (Wildman–Crippen LogP) is 6.56. The fourth-order valence-corrected chi connectivity index (χ4v) is 3.65. The SMILES string of the molecule is C=C/C(=C\C=C(/C)C(=NC(C)CCC(C)=O)N=C(C)N1CCN(CCC)CC1)C(C)(C)C.CC.CNC. The van der Waals surface area contributed by atoms with Crippen molar-refractivity contribution in [3.05, 3.63) is 36.0 Å². The van der Waals surface area contributed by atoms with Crippen LogP contribution < -0.4 is 5.32 Å². The largest absolute Gasteiger partial charge is 0.358 e. The van der Waals surface area contributed by atoms with Gasteiger partial charge in [-0.05, 0) is 77.7 Å². The van der Waals surface area contributed by atoms with Crippen LogP contribution in [-0.2, 0) is 4.79 Å². The molecule has 214 valence electrons. The van der Waals surface area contributed by atoms with E-state index in [1.807, 2.05) is 34.0 Å². The molecule has 1 rings (SSSR count). The number of ketones is 1. The van der Waals surface area contributed by atoms with E-state index in [0.29, 0.717) is 6.42 Å². The summed E-state index contributed by atoms with van der Waals surface area (Å²) in [5.41, 5.74) is 2.22. The fraction of sp³-hybridized carbons (Fsp3) is 0.710. The van der Waals surface area contributed by atoms with Crippen LogP contribution in [0, 0.1) is 5.41 Å². The maximum atomic E-state index is 11.4. The van der Waals surface area contributed by atoms with Crippen molar-refractivity contribution >= 4 is 17.5 Å². The molecule has 1 aliphatic rings. The minimum atomic E-state index is 0.0297. The molecule has 1 aliphatic heterocycles. The summed E-state index contributed by atoms with van der Waals surface area (Å²) in [6, 6.07) is 0.0423. The van der Waals surface area contributed by atoms with Crippen LogP contribution in [-0.4, -0.2) is 80.1 Å². The molecule has 0 amide bonds. The second-order valence-corrected chi connectivity index (χ2v) is 10.5. The molecule has 0 saturated carbocycles. The molecule has 1 heterocycles. The van der Waals surface area contributed by atoms with E-state index in [2.05, 4.69) is 82.3 Å². The van der Waals surface area contributed by atoms with Gasteiger partial charge in [0.05, 0.1) is 0 Å². The standard InChI is InChI=1S/C27H46N4O.C2H7N.C2H6/c1-10-16-30-17-19-31(20-18-30)24(6)29-26(28-22(4)13-14-23(5)32)21(3)12-15-25(11-2)27(7,8)9;1-3-2;1-2/h11-12,15,22H,2,10,13-14,16-20H2,1,3-9H3;3H,1-2H3;1-2H3/b21-12+,25-15+,28-26?,29-24?;;. The number of nitrogens with one attached hydrogen (secondary N) is 1. The van der Waals surface area contributed by atoms with Gasteiger partial charge in [-0.25, -0.2) is 4.99 Å². The van der Waals surface area contributed by atoms with Crippen LogP contribution in [0.25, 0.3) is 0 Å². The van der Waals surface area contributed by atoms with E-state index in [1.54, 1.807) is 6.92 Å². The highest BCUT2D eigenvalue weighted by molar-refractivity contribution is 6.05. The van der Waals surface area contributed by atoms with Crippen LogP contribution in [0.15, 0.2) is 45.9 Å². The van der Waals surface area contributed by atoms with Gasteiger partial charge in [-0.15, -0.1) is 0 Å². The van der Waals surface area contributed by atoms with Gasteiger partial charge < -0.3 is 15.0 Å². The van der Waals surface area contributed by atoms with Crippen molar-refractivity contribution in [3.63, 3.8) is 0 Å². The fourth-order valence-electron chi connectivity index (χ4n) is 3.65. The smallest absolute Gasteiger partial charge is 0.152 e. The number of piperazine rings is 1. The number of amidine groups is 2. The van der Waals surface area contributed by atoms with Crippen LogP contribution in [0.4, 0.5) is 0 Å². The van der Waals surface area contributed by atoms with E-state index in [0.717, 1.165) is 56.4 Å². The minimum absolute atomic E-state index is 0.0297. The topological polar surface area (TPSA) is 60.3 Å². The Morgan fingerprint density at radius 2 is 1.59 bits per heavy atom. The number of rotatable bonds is 9. The Hall–Kier alpha value is -2.05. The van der Waals surface area contributed by atoms with Gasteiger partial charge in [0, 0.05) is 38.6 Å². The van der Waals surface area contributed by atoms with E-state index in [1.165, 1.54) is 12.0 Å². The number of allylic oxidation sites excluding steroid dienone is 4. The lowest BCUT2D eigenvalue weighted by Crippen LogP contribution is -2.48. The van der Waals surface area contributed by atoms with Gasteiger partial charge in [0.15, 0.2) is 5.84 Å². The second-order valence-electron chi connectivity index (χ2n) is 10.5. The number of nitrogens with zero attached hydrogens (tertiary/aromatic N) is 4. The van der Waals surface area contributed by atoms with Crippen molar-refractivity contribution in [2.45, 2.75) is 94.5 Å². The summed E-state index contributed by atoms with van der Waals surface area (Å²) >= 11 is 0. The number of carbonyl (C=O) groups excluding carboxylic acids is 1. The molecule has 1 N–H and O–H groups in total. The van der Waals surface area contributed by atoms with Crippen LogP contribution in [0.1, 0.15) is 88.5 Å². The summed E-state index contributed by atoms with van der Waals surface area (Å²) in [5.74, 6) is 1.97. The Balaban J connectivity index is 0. The maximum Gasteiger partial charge on any atom is 0.152 e. The molecule has 0 aromatic rings. The van der Waals surface area contributed by atoms with E-state index >= 15 is 0 Å². The number of aliphatic imine (C=N–C) groups is 2. The number of Topliss-reactive ketones (excluding diaryl/α,β-unsaturated/α-hetero) is 1. The molecule has 1 atom stereocenters. The van der Waals surface area contributed by atoms with Crippen molar-refractivity contribution in [3.8, 4) is 0 Å². The molecule has 1 saturated heterocycles. The first kappa shape index (κ1) is 37.1. The van der Waals surface area contributed by atoms with Gasteiger partial charge in [0.25, 0.3) is 0 Å². The number of hydrogen-bond donors (Lipinski definition) is 1.